The molecule has 1 heterocycles. The van der Waals surface area contributed by atoms with E-state index < -0.39 is 0 Å². The fourth-order valence-corrected chi connectivity index (χ4v) is 2.48. The number of anilines is 2. The highest BCUT2D eigenvalue weighted by atomic mass is 16.5. The molecular weight excluding hydrogens is 242 g/mol. The van der Waals surface area contributed by atoms with Crippen molar-refractivity contribution in [1.29, 1.82) is 0 Å². The molecule has 5 nitrogen and oxygen atoms in total. The summed E-state index contributed by atoms with van der Waals surface area (Å²) in [5.41, 5.74) is 1.04. The van der Waals surface area contributed by atoms with E-state index in [-0.39, 0.29) is 18.2 Å². The van der Waals surface area contributed by atoms with Crippen LogP contribution < -0.4 is 10.2 Å². The summed E-state index contributed by atoms with van der Waals surface area (Å²) in [6, 6.07) is 4.27. The van der Waals surface area contributed by atoms with Gasteiger partial charge in [-0.25, -0.2) is 4.98 Å². The van der Waals surface area contributed by atoms with Crippen LogP contribution >= 0.6 is 0 Å². The van der Waals surface area contributed by atoms with Crippen molar-refractivity contribution in [1.82, 2.24) is 4.98 Å². The third-order valence-electron chi connectivity index (χ3n) is 3.45. The Bertz CT molecular complexity index is 411. The summed E-state index contributed by atoms with van der Waals surface area (Å²) >= 11 is 0. The Hall–Kier alpha value is -1.33. The zero-order valence-corrected chi connectivity index (χ0v) is 12.1. The lowest BCUT2D eigenvalue weighted by Gasteiger charge is -2.44. The number of hydrogen-bond acceptors (Lipinski definition) is 5. The van der Waals surface area contributed by atoms with E-state index in [1.54, 1.807) is 13.3 Å². The van der Waals surface area contributed by atoms with E-state index in [0.29, 0.717) is 0 Å². The molecule has 1 N–H and O–H groups in total. The zero-order valence-electron chi connectivity index (χ0n) is 12.1. The number of hydrogen-bond donors (Lipinski definition) is 1. The number of aromatic nitrogens is 1. The lowest BCUT2D eigenvalue weighted by Crippen LogP contribution is -2.56. The van der Waals surface area contributed by atoms with Crippen LogP contribution in [0.3, 0.4) is 0 Å². The molecule has 0 spiro atoms. The molecule has 1 aromatic heterocycles. The normalized spacial score (nSPS) is 25.8. The number of ether oxygens (including phenoxy) is 2. The predicted molar refractivity (Wildman–Crippen MR) is 76.8 cm³/mol. The van der Waals surface area contributed by atoms with E-state index in [2.05, 4.69) is 10.3 Å². The Kier molecular flexibility index (Phi) is 4.61. The standard InChI is InChI=1S/C14H23N3O2/c1-5-19-12-9-11(13(12)18-4)16-10-7-6-8-15-14(10)17(2)3/h6-8,11-13,16H,5,9H2,1-4H3. The highest BCUT2D eigenvalue weighted by Crippen LogP contribution is 2.32. The Morgan fingerprint density at radius 2 is 2.26 bits per heavy atom. The highest BCUT2D eigenvalue weighted by molar-refractivity contribution is 5.65. The van der Waals surface area contributed by atoms with Crippen LogP contribution in [0.4, 0.5) is 11.5 Å². The van der Waals surface area contributed by atoms with Crippen molar-refractivity contribution in [2.24, 2.45) is 0 Å². The molecule has 0 bridgehead atoms. The first-order valence-electron chi connectivity index (χ1n) is 6.70. The van der Waals surface area contributed by atoms with Crippen molar-refractivity contribution in [3.05, 3.63) is 18.3 Å². The van der Waals surface area contributed by atoms with Gasteiger partial charge in [0.05, 0.1) is 17.8 Å². The topological polar surface area (TPSA) is 46.6 Å². The molecule has 1 fully saturated rings. The van der Waals surface area contributed by atoms with Gasteiger partial charge in [0.2, 0.25) is 0 Å². The maximum Gasteiger partial charge on any atom is 0.151 e. The van der Waals surface area contributed by atoms with Gasteiger partial charge in [-0.05, 0) is 25.5 Å². The predicted octanol–water partition coefficient (Wildman–Crippen LogP) is 1.75. The smallest absolute Gasteiger partial charge is 0.151 e. The molecule has 1 aliphatic carbocycles. The summed E-state index contributed by atoms with van der Waals surface area (Å²) < 4.78 is 11.2. The Labute approximate surface area is 114 Å². The summed E-state index contributed by atoms with van der Waals surface area (Å²) in [5.74, 6) is 0.942. The first kappa shape index (κ1) is 14.1. The SMILES string of the molecule is CCOC1CC(Nc2cccnc2N(C)C)C1OC. The Balaban J connectivity index is 2.02. The third kappa shape index (κ3) is 2.98. The average Bonchev–Trinajstić information content (AvgIpc) is 2.38. The van der Waals surface area contributed by atoms with Crippen molar-refractivity contribution < 1.29 is 9.47 Å². The van der Waals surface area contributed by atoms with Gasteiger partial charge in [0.25, 0.3) is 0 Å². The number of nitrogens with one attached hydrogen (secondary N) is 1. The monoisotopic (exact) mass is 265 g/mol. The highest BCUT2D eigenvalue weighted by Gasteiger charge is 2.42. The molecule has 3 atom stereocenters. The van der Waals surface area contributed by atoms with Gasteiger partial charge in [-0.1, -0.05) is 0 Å². The number of rotatable bonds is 6. The summed E-state index contributed by atoms with van der Waals surface area (Å²) in [6.45, 7) is 2.74. The molecule has 19 heavy (non-hydrogen) atoms. The van der Waals surface area contributed by atoms with E-state index in [9.17, 15) is 0 Å². The third-order valence-corrected chi connectivity index (χ3v) is 3.45. The number of nitrogens with zero attached hydrogens (tertiary/aromatic N) is 2. The van der Waals surface area contributed by atoms with Crippen molar-refractivity contribution in [3.8, 4) is 0 Å². The van der Waals surface area contributed by atoms with E-state index in [1.165, 1.54) is 0 Å². The zero-order chi connectivity index (χ0) is 13.8. The minimum absolute atomic E-state index is 0.107. The van der Waals surface area contributed by atoms with Crippen LogP contribution in [0.25, 0.3) is 0 Å². The minimum atomic E-state index is 0.107. The quantitative estimate of drug-likeness (QED) is 0.849. The second kappa shape index (κ2) is 6.21. The van der Waals surface area contributed by atoms with E-state index in [4.69, 9.17) is 9.47 Å². The summed E-state index contributed by atoms with van der Waals surface area (Å²) in [4.78, 5) is 6.39. The van der Waals surface area contributed by atoms with Crippen LogP contribution in [-0.4, -0.2) is 51.0 Å². The molecule has 1 aromatic rings. The lowest BCUT2D eigenvalue weighted by atomic mass is 9.85. The van der Waals surface area contributed by atoms with Gasteiger partial charge in [0.15, 0.2) is 5.82 Å². The van der Waals surface area contributed by atoms with Gasteiger partial charge in [-0.15, -0.1) is 0 Å². The molecule has 0 radical (unpaired) electrons. The fourth-order valence-electron chi connectivity index (χ4n) is 2.48. The van der Waals surface area contributed by atoms with Crippen LogP contribution in [0.2, 0.25) is 0 Å². The van der Waals surface area contributed by atoms with Crippen molar-refractivity contribution in [3.63, 3.8) is 0 Å². The van der Waals surface area contributed by atoms with Crippen LogP contribution in [0, 0.1) is 0 Å². The maximum atomic E-state index is 5.64. The van der Waals surface area contributed by atoms with Gasteiger partial charge >= 0.3 is 0 Å². The second-order valence-electron chi connectivity index (χ2n) is 4.95. The van der Waals surface area contributed by atoms with Gasteiger partial charge in [-0.3, -0.25) is 0 Å². The van der Waals surface area contributed by atoms with Gasteiger partial charge in [0, 0.05) is 34.0 Å². The summed E-state index contributed by atoms with van der Waals surface area (Å²) in [6.07, 6.45) is 3.08. The summed E-state index contributed by atoms with van der Waals surface area (Å²) in [7, 11) is 5.72. The minimum Gasteiger partial charge on any atom is -0.377 e. The van der Waals surface area contributed by atoms with Crippen LogP contribution in [0.15, 0.2) is 18.3 Å². The van der Waals surface area contributed by atoms with Crippen molar-refractivity contribution >= 4 is 11.5 Å². The lowest BCUT2D eigenvalue weighted by molar-refractivity contribution is -0.118. The first-order valence-corrected chi connectivity index (χ1v) is 6.70. The molecule has 0 aromatic carbocycles. The number of methoxy groups -OCH3 is 1. The Morgan fingerprint density at radius 1 is 1.47 bits per heavy atom. The van der Waals surface area contributed by atoms with Gasteiger partial charge in [-0.2, -0.15) is 0 Å². The molecule has 0 amide bonds. The van der Waals surface area contributed by atoms with E-state index >= 15 is 0 Å². The maximum absolute atomic E-state index is 5.64. The number of pyridine rings is 1. The second-order valence-corrected chi connectivity index (χ2v) is 4.95. The molecule has 3 unspecified atom stereocenters. The Morgan fingerprint density at radius 3 is 2.89 bits per heavy atom. The molecule has 1 saturated carbocycles. The van der Waals surface area contributed by atoms with Crippen LogP contribution in [0.5, 0.6) is 0 Å². The van der Waals surface area contributed by atoms with Crippen molar-refractivity contribution in [2.45, 2.75) is 31.6 Å². The summed E-state index contributed by atoms with van der Waals surface area (Å²) in [5, 5.41) is 3.51. The molecule has 106 valence electrons. The largest absolute Gasteiger partial charge is 0.377 e. The van der Waals surface area contributed by atoms with Gasteiger partial charge < -0.3 is 19.7 Å². The molecule has 0 saturated heterocycles. The molecule has 1 aliphatic rings. The molecule has 2 rings (SSSR count). The van der Waals surface area contributed by atoms with Crippen molar-refractivity contribution in [2.75, 3.05) is 38.0 Å². The first-order chi connectivity index (χ1) is 9.17. The van der Waals surface area contributed by atoms with Gasteiger partial charge in [0.1, 0.15) is 6.10 Å². The van der Waals surface area contributed by atoms with E-state index in [0.717, 1.165) is 24.5 Å². The van der Waals surface area contributed by atoms with E-state index in [1.807, 2.05) is 38.1 Å². The average molecular weight is 265 g/mol. The molecular formula is C14H23N3O2. The van der Waals surface area contributed by atoms with Crippen LogP contribution in [-0.2, 0) is 9.47 Å². The molecule has 5 heteroatoms. The van der Waals surface area contributed by atoms with Crippen LogP contribution in [0.1, 0.15) is 13.3 Å². The molecule has 0 aliphatic heterocycles. The fraction of sp³-hybridized carbons (Fsp3) is 0.643.